The maximum Gasteiger partial charge on any atom is 0.272 e. The molecule has 1 saturated heterocycles. The normalized spacial score (nSPS) is 18.5. The fraction of sp³-hybridized carbons (Fsp3) is 0.588. The van der Waals surface area contributed by atoms with E-state index < -0.39 is 0 Å². The summed E-state index contributed by atoms with van der Waals surface area (Å²) < 4.78 is 1.64. The zero-order chi connectivity index (χ0) is 17.4. The minimum Gasteiger partial charge on any atom is -0.346 e. The fourth-order valence-corrected chi connectivity index (χ4v) is 4.67. The highest BCUT2D eigenvalue weighted by Crippen LogP contribution is 2.31. The van der Waals surface area contributed by atoms with Crippen LogP contribution in [0.15, 0.2) is 12.3 Å². The van der Waals surface area contributed by atoms with Crippen molar-refractivity contribution in [3.63, 3.8) is 0 Å². The number of aromatic nitrogens is 3. The van der Waals surface area contributed by atoms with Crippen molar-refractivity contribution in [1.82, 2.24) is 24.6 Å². The standard InChI is InChI=1S/C17H24N6OS/c1-3-21-8-10-22(11-9-21)17-19-13-5-7-23(12-15(13)25-17)16(24)14-4-6-18-20(14)2/h4,6H,3,5,7-12H2,1-2H3. The summed E-state index contributed by atoms with van der Waals surface area (Å²) >= 11 is 1.75. The van der Waals surface area contributed by atoms with Crippen LogP contribution >= 0.6 is 11.3 Å². The van der Waals surface area contributed by atoms with Gasteiger partial charge in [-0.15, -0.1) is 0 Å². The number of carbonyl (C=O) groups is 1. The molecule has 2 aliphatic heterocycles. The highest BCUT2D eigenvalue weighted by Gasteiger charge is 2.28. The number of amides is 1. The average Bonchev–Trinajstić information content (AvgIpc) is 3.26. The number of hydrogen-bond donors (Lipinski definition) is 0. The maximum atomic E-state index is 12.7. The number of aryl methyl sites for hydroxylation is 1. The van der Waals surface area contributed by atoms with Gasteiger partial charge in [0, 0.05) is 57.3 Å². The molecule has 2 aliphatic rings. The molecule has 0 radical (unpaired) electrons. The Kier molecular flexibility index (Phi) is 4.47. The van der Waals surface area contributed by atoms with Crippen LogP contribution in [0.3, 0.4) is 0 Å². The van der Waals surface area contributed by atoms with Crippen molar-refractivity contribution >= 4 is 22.4 Å². The highest BCUT2D eigenvalue weighted by atomic mass is 32.1. The molecule has 1 fully saturated rings. The lowest BCUT2D eigenvalue weighted by Crippen LogP contribution is -2.46. The van der Waals surface area contributed by atoms with Gasteiger partial charge in [-0.3, -0.25) is 9.48 Å². The van der Waals surface area contributed by atoms with E-state index in [1.54, 1.807) is 28.3 Å². The highest BCUT2D eigenvalue weighted by molar-refractivity contribution is 7.15. The van der Waals surface area contributed by atoms with Crippen LogP contribution in [0.1, 0.15) is 28.0 Å². The van der Waals surface area contributed by atoms with Crippen molar-refractivity contribution < 1.29 is 4.79 Å². The molecule has 4 rings (SSSR count). The lowest BCUT2D eigenvalue weighted by atomic mass is 10.1. The molecule has 0 aliphatic carbocycles. The van der Waals surface area contributed by atoms with Gasteiger partial charge in [0.25, 0.3) is 5.91 Å². The molecule has 0 N–H and O–H groups in total. The molecule has 1 amide bonds. The van der Waals surface area contributed by atoms with Gasteiger partial charge in [-0.05, 0) is 12.6 Å². The third kappa shape index (κ3) is 3.16. The Bertz CT molecular complexity index is 761. The van der Waals surface area contributed by atoms with Gasteiger partial charge in [-0.25, -0.2) is 4.98 Å². The van der Waals surface area contributed by atoms with Gasteiger partial charge in [0.2, 0.25) is 0 Å². The summed E-state index contributed by atoms with van der Waals surface area (Å²) in [5, 5.41) is 5.22. The fourth-order valence-electron chi connectivity index (χ4n) is 3.49. The van der Waals surface area contributed by atoms with E-state index in [-0.39, 0.29) is 5.91 Å². The topological polar surface area (TPSA) is 57.5 Å². The molecule has 0 unspecified atom stereocenters. The number of anilines is 1. The molecule has 2 aromatic heterocycles. The number of thiazole rings is 1. The van der Waals surface area contributed by atoms with Crippen LogP contribution in [0.5, 0.6) is 0 Å². The molecule has 0 aromatic carbocycles. The molecular formula is C17H24N6OS. The van der Waals surface area contributed by atoms with Crippen LogP contribution in [0.2, 0.25) is 0 Å². The number of rotatable bonds is 3. The van der Waals surface area contributed by atoms with Crippen LogP contribution < -0.4 is 4.90 Å². The van der Waals surface area contributed by atoms with Gasteiger partial charge < -0.3 is 14.7 Å². The van der Waals surface area contributed by atoms with Crippen molar-refractivity contribution in [2.45, 2.75) is 19.9 Å². The predicted molar refractivity (Wildman–Crippen MR) is 98.1 cm³/mol. The number of piperazine rings is 1. The SMILES string of the molecule is CCN1CCN(c2nc3c(s2)CN(C(=O)c2ccnn2C)CC3)CC1. The second-order valence-corrected chi connectivity index (χ2v) is 7.67. The van der Waals surface area contributed by atoms with Crippen LogP contribution in [0.4, 0.5) is 5.13 Å². The number of hydrogen-bond acceptors (Lipinski definition) is 6. The van der Waals surface area contributed by atoms with Crippen molar-refractivity contribution in [1.29, 1.82) is 0 Å². The van der Waals surface area contributed by atoms with Crippen LogP contribution in [-0.2, 0) is 20.0 Å². The lowest BCUT2D eigenvalue weighted by Gasteiger charge is -2.33. The Labute approximate surface area is 151 Å². The molecule has 0 atom stereocenters. The first-order chi connectivity index (χ1) is 12.2. The second kappa shape index (κ2) is 6.76. The van der Waals surface area contributed by atoms with Gasteiger partial charge in [0.15, 0.2) is 5.13 Å². The van der Waals surface area contributed by atoms with E-state index in [1.165, 1.54) is 10.6 Å². The quantitative estimate of drug-likeness (QED) is 0.824. The Morgan fingerprint density at radius 3 is 2.72 bits per heavy atom. The molecule has 0 saturated carbocycles. The molecule has 7 nitrogen and oxygen atoms in total. The van der Waals surface area contributed by atoms with E-state index in [1.807, 2.05) is 11.9 Å². The summed E-state index contributed by atoms with van der Waals surface area (Å²) in [6, 6.07) is 1.78. The average molecular weight is 360 g/mol. The predicted octanol–water partition coefficient (Wildman–Crippen LogP) is 1.22. The zero-order valence-electron chi connectivity index (χ0n) is 14.8. The molecule has 0 bridgehead atoms. The van der Waals surface area contributed by atoms with Crippen molar-refractivity contribution in [2.24, 2.45) is 7.05 Å². The summed E-state index contributed by atoms with van der Waals surface area (Å²) in [6.45, 7) is 9.00. The summed E-state index contributed by atoms with van der Waals surface area (Å²) in [4.78, 5) is 25.6. The Morgan fingerprint density at radius 2 is 2.04 bits per heavy atom. The second-order valence-electron chi connectivity index (χ2n) is 6.60. The number of carbonyl (C=O) groups excluding carboxylic acids is 1. The van der Waals surface area contributed by atoms with Crippen molar-refractivity contribution in [3.8, 4) is 0 Å². The van der Waals surface area contributed by atoms with E-state index >= 15 is 0 Å². The molecule has 8 heteroatoms. The first-order valence-corrected chi connectivity index (χ1v) is 9.70. The van der Waals surface area contributed by atoms with Gasteiger partial charge in [-0.2, -0.15) is 5.10 Å². The molecule has 4 heterocycles. The summed E-state index contributed by atoms with van der Waals surface area (Å²) in [5.41, 5.74) is 1.82. The Hall–Kier alpha value is -1.93. The third-order valence-electron chi connectivity index (χ3n) is 5.14. The monoisotopic (exact) mass is 360 g/mol. The largest absolute Gasteiger partial charge is 0.346 e. The van der Waals surface area contributed by atoms with Gasteiger partial charge in [-0.1, -0.05) is 18.3 Å². The molecule has 25 heavy (non-hydrogen) atoms. The minimum absolute atomic E-state index is 0.0529. The lowest BCUT2D eigenvalue weighted by molar-refractivity contribution is 0.0725. The molecule has 134 valence electrons. The minimum atomic E-state index is 0.0529. The Morgan fingerprint density at radius 1 is 1.24 bits per heavy atom. The number of likely N-dealkylation sites (N-methyl/N-ethyl adjacent to an activating group) is 1. The molecule has 2 aromatic rings. The van der Waals surface area contributed by atoms with E-state index in [0.29, 0.717) is 12.2 Å². The zero-order valence-corrected chi connectivity index (χ0v) is 15.6. The van der Waals surface area contributed by atoms with Crippen LogP contribution in [-0.4, -0.2) is 69.7 Å². The van der Waals surface area contributed by atoms with Crippen molar-refractivity contribution in [2.75, 3.05) is 44.2 Å². The third-order valence-corrected chi connectivity index (χ3v) is 6.28. The Balaban J connectivity index is 1.46. The van der Waals surface area contributed by atoms with Gasteiger partial charge in [0.05, 0.1) is 12.2 Å². The van der Waals surface area contributed by atoms with E-state index in [4.69, 9.17) is 4.98 Å². The van der Waals surface area contributed by atoms with Crippen LogP contribution in [0.25, 0.3) is 0 Å². The molecular weight excluding hydrogens is 336 g/mol. The number of fused-ring (bicyclic) bond motifs is 1. The van der Waals surface area contributed by atoms with E-state index in [2.05, 4.69) is 21.8 Å². The summed E-state index contributed by atoms with van der Waals surface area (Å²) in [5.74, 6) is 0.0529. The van der Waals surface area contributed by atoms with Crippen LogP contribution in [0, 0.1) is 0 Å². The van der Waals surface area contributed by atoms with Crippen molar-refractivity contribution in [3.05, 3.63) is 28.5 Å². The first-order valence-electron chi connectivity index (χ1n) is 8.89. The van der Waals surface area contributed by atoms with Gasteiger partial charge in [0.1, 0.15) is 5.69 Å². The van der Waals surface area contributed by atoms with E-state index in [9.17, 15) is 4.79 Å². The molecule has 0 spiro atoms. The maximum absolute atomic E-state index is 12.7. The summed E-state index contributed by atoms with van der Waals surface area (Å²) in [6.07, 6.45) is 2.51. The first kappa shape index (κ1) is 16.5. The van der Waals surface area contributed by atoms with E-state index in [0.717, 1.165) is 50.8 Å². The number of nitrogens with zero attached hydrogens (tertiary/aromatic N) is 6. The smallest absolute Gasteiger partial charge is 0.272 e. The summed E-state index contributed by atoms with van der Waals surface area (Å²) in [7, 11) is 1.81. The van der Waals surface area contributed by atoms with Gasteiger partial charge >= 0.3 is 0 Å².